The van der Waals surface area contributed by atoms with Gasteiger partial charge in [-0.3, -0.25) is 4.52 Å². The third-order valence-electron chi connectivity index (χ3n) is 2.08. The van der Waals surface area contributed by atoms with Crippen LogP contribution in [0.1, 0.15) is 5.56 Å². The second kappa shape index (κ2) is 4.00. The maximum atomic E-state index is 5.43. The number of nitrogens with two attached hydrogens (primary N) is 1. The van der Waals surface area contributed by atoms with Crippen LogP contribution < -0.4 is 15.5 Å². The van der Waals surface area contributed by atoms with Crippen LogP contribution in [0, 0.1) is 0 Å². The van der Waals surface area contributed by atoms with Crippen LogP contribution in [0.4, 0.5) is 5.88 Å². The molecule has 2 aromatic rings. The van der Waals surface area contributed by atoms with Gasteiger partial charge in [-0.25, -0.2) is 0 Å². The Morgan fingerprint density at radius 2 is 2.13 bits per heavy atom. The smallest absolute Gasteiger partial charge is 0.296 e. The Kier molecular flexibility index (Phi) is 2.53. The first-order chi connectivity index (χ1) is 7.25. The molecule has 0 aliphatic rings. The molecule has 1 aromatic carbocycles. The average Bonchev–Trinajstić information content (AvgIpc) is 2.66. The third-order valence-corrected chi connectivity index (χ3v) is 2.08. The first-order valence-corrected chi connectivity index (χ1v) is 4.65. The van der Waals surface area contributed by atoms with E-state index in [4.69, 9.17) is 10.3 Å². The summed E-state index contributed by atoms with van der Waals surface area (Å²) >= 11 is 0. The van der Waals surface area contributed by atoms with Crippen LogP contribution in [0.3, 0.4) is 0 Å². The molecule has 0 atom stereocenters. The monoisotopic (exact) mass is 205 g/mol. The van der Waals surface area contributed by atoms with Crippen molar-refractivity contribution in [3.63, 3.8) is 0 Å². The molecule has 0 aliphatic carbocycles. The van der Waals surface area contributed by atoms with Gasteiger partial charge in [0.05, 0.1) is 11.8 Å². The van der Waals surface area contributed by atoms with Gasteiger partial charge < -0.3 is 5.73 Å². The standard InChI is InChI=1S/C10H13N4O/c1-13(14-8-10(11)15-12-14)7-9-5-3-2-4-6-9/h2-6,8H,7,11H2,1H3/q+1. The Bertz CT molecular complexity index is 426. The zero-order valence-corrected chi connectivity index (χ0v) is 8.50. The summed E-state index contributed by atoms with van der Waals surface area (Å²) in [6, 6.07) is 10.1. The van der Waals surface area contributed by atoms with Crippen LogP contribution in [0.25, 0.3) is 0 Å². The molecule has 1 aromatic heterocycles. The van der Waals surface area contributed by atoms with Gasteiger partial charge in [0.1, 0.15) is 6.54 Å². The topological polar surface area (TPSA) is 59.2 Å². The highest BCUT2D eigenvalue weighted by molar-refractivity contribution is 5.16. The minimum absolute atomic E-state index is 0.301. The van der Waals surface area contributed by atoms with Crippen LogP contribution in [0.2, 0.25) is 0 Å². The van der Waals surface area contributed by atoms with Crippen molar-refractivity contribution in [2.75, 3.05) is 17.8 Å². The Balaban J connectivity index is 2.07. The predicted molar refractivity (Wildman–Crippen MR) is 55.4 cm³/mol. The van der Waals surface area contributed by atoms with Crippen molar-refractivity contribution in [2.24, 2.45) is 0 Å². The summed E-state index contributed by atoms with van der Waals surface area (Å²) in [5.74, 6) is 0.301. The van der Waals surface area contributed by atoms with E-state index < -0.39 is 0 Å². The third kappa shape index (κ3) is 2.25. The zero-order chi connectivity index (χ0) is 10.7. The molecule has 5 heteroatoms. The number of anilines is 1. The van der Waals surface area contributed by atoms with Gasteiger partial charge in [-0.15, -0.1) is 0 Å². The summed E-state index contributed by atoms with van der Waals surface area (Å²) in [5.41, 5.74) is 6.64. The van der Waals surface area contributed by atoms with Crippen molar-refractivity contribution < 1.29 is 9.31 Å². The quantitative estimate of drug-likeness (QED) is 0.733. The number of hydrogen-bond donors (Lipinski definition) is 1. The van der Waals surface area contributed by atoms with Gasteiger partial charge in [0, 0.05) is 0 Å². The lowest BCUT2D eigenvalue weighted by Gasteiger charge is -2.06. The van der Waals surface area contributed by atoms with Gasteiger partial charge in [-0.2, -0.15) is 5.01 Å². The highest BCUT2D eigenvalue weighted by atomic mass is 16.5. The minimum Gasteiger partial charge on any atom is -0.362 e. The van der Waals surface area contributed by atoms with Crippen molar-refractivity contribution >= 4 is 5.88 Å². The van der Waals surface area contributed by atoms with E-state index in [-0.39, 0.29) is 0 Å². The number of hydrogen-bond acceptors (Lipinski definition) is 4. The van der Waals surface area contributed by atoms with Crippen LogP contribution in [0.15, 0.2) is 41.1 Å². The summed E-state index contributed by atoms with van der Waals surface area (Å²) in [7, 11) is 1.91. The van der Waals surface area contributed by atoms with Crippen LogP contribution in [-0.4, -0.2) is 12.3 Å². The molecular weight excluding hydrogens is 192 g/mol. The van der Waals surface area contributed by atoms with E-state index in [0.717, 1.165) is 6.54 Å². The van der Waals surface area contributed by atoms with Crippen molar-refractivity contribution in [1.29, 1.82) is 0 Å². The fourth-order valence-corrected chi connectivity index (χ4v) is 1.33. The Labute approximate surface area is 87.7 Å². The Hall–Kier alpha value is -2.04. The first kappa shape index (κ1) is 9.51. The van der Waals surface area contributed by atoms with Crippen LogP contribution in [0.5, 0.6) is 0 Å². The molecule has 2 N–H and O–H groups in total. The van der Waals surface area contributed by atoms with E-state index in [1.807, 2.05) is 30.3 Å². The van der Waals surface area contributed by atoms with E-state index in [2.05, 4.69) is 17.4 Å². The lowest BCUT2D eigenvalue weighted by molar-refractivity contribution is -0.757. The van der Waals surface area contributed by atoms with Gasteiger partial charge in [0.25, 0.3) is 12.1 Å². The van der Waals surface area contributed by atoms with Crippen molar-refractivity contribution in [3.8, 4) is 0 Å². The molecule has 15 heavy (non-hydrogen) atoms. The second-order valence-electron chi connectivity index (χ2n) is 3.33. The summed E-state index contributed by atoms with van der Waals surface area (Å²) in [6.45, 7) is 0.747. The molecular formula is C10H13N4O+. The molecule has 0 spiro atoms. The fourth-order valence-electron chi connectivity index (χ4n) is 1.33. The van der Waals surface area contributed by atoms with E-state index in [9.17, 15) is 0 Å². The maximum absolute atomic E-state index is 5.43. The molecule has 0 saturated heterocycles. The number of nitrogen functional groups attached to an aromatic ring is 1. The number of benzene rings is 1. The molecule has 0 fully saturated rings. The molecule has 0 saturated carbocycles. The molecule has 2 rings (SSSR count). The first-order valence-electron chi connectivity index (χ1n) is 4.65. The Morgan fingerprint density at radius 3 is 2.73 bits per heavy atom. The molecule has 0 unspecified atom stereocenters. The average molecular weight is 205 g/mol. The van der Waals surface area contributed by atoms with E-state index in [1.54, 1.807) is 11.0 Å². The van der Waals surface area contributed by atoms with Crippen LogP contribution in [-0.2, 0) is 6.54 Å². The molecule has 1 heterocycles. The van der Waals surface area contributed by atoms with Crippen molar-refractivity contribution in [2.45, 2.75) is 6.54 Å². The number of rotatable bonds is 3. The van der Waals surface area contributed by atoms with Gasteiger partial charge in [0.2, 0.25) is 5.27 Å². The van der Waals surface area contributed by atoms with Crippen molar-refractivity contribution in [3.05, 3.63) is 42.1 Å². The maximum Gasteiger partial charge on any atom is 0.296 e. The number of nitrogens with zero attached hydrogens (tertiary/aromatic N) is 3. The lowest BCUT2D eigenvalue weighted by atomic mass is 10.2. The van der Waals surface area contributed by atoms with Crippen molar-refractivity contribution in [1.82, 2.24) is 5.27 Å². The predicted octanol–water partition coefficient (Wildman–Crippen LogP) is 0.312. The fraction of sp³-hybridized carbons (Fsp3) is 0.200. The second-order valence-corrected chi connectivity index (χ2v) is 3.33. The van der Waals surface area contributed by atoms with Gasteiger partial charge in [-0.05, 0) is 5.56 Å². The molecule has 0 amide bonds. The Morgan fingerprint density at radius 1 is 1.40 bits per heavy atom. The summed E-state index contributed by atoms with van der Waals surface area (Å²) in [4.78, 5) is 1.57. The summed E-state index contributed by atoms with van der Waals surface area (Å²) in [5, 5.41) is 5.65. The van der Waals surface area contributed by atoms with E-state index in [1.165, 1.54) is 5.56 Å². The molecule has 0 aliphatic heterocycles. The largest absolute Gasteiger partial charge is 0.362 e. The number of aromatic nitrogens is 2. The lowest BCUT2D eigenvalue weighted by Crippen LogP contribution is -2.55. The normalized spacial score (nSPS) is 10.2. The van der Waals surface area contributed by atoms with Crippen LogP contribution >= 0.6 is 0 Å². The highest BCUT2D eigenvalue weighted by Crippen LogP contribution is 1.99. The van der Waals surface area contributed by atoms with Gasteiger partial charge in [-0.1, -0.05) is 30.3 Å². The molecule has 78 valence electrons. The van der Waals surface area contributed by atoms with E-state index in [0.29, 0.717) is 5.88 Å². The summed E-state index contributed by atoms with van der Waals surface area (Å²) < 4.78 is 4.77. The molecule has 0 bridgehead atoms. The SMILES string of the molecule is CN(Cc1ccccc1)[n+]1cc(N)on1. The highest BCUT2D eigenvalue weighted by Gasteiger charge is 2.14. The molecule has 0 radical (unpaired) electrons. The summed E-state index contributed by atoms with van der Waals surface area (Å²) in [6.07, 6.45) is 1.63. The minimum atomic E-state index is 0.301. The van der Waals surface area contributed by atoms with Gasteiger partial charge in [0.15, 0.2) is 0 Å². The van der Waals surface area contributed by atoms with Gasteiger partial charge >= 0.3 is 0 Å². The van der Waals surface area contributed by atoms with E-state index >= 15 is 0 Å². The molecule has 5 nitrogen and oxygen atoms in total. The zero-order valence-electron chi connectivity index (χ0n) is 8.50.